The van der Waals surface area contributed by atoms with Crippen molar-refractivity contribution in [1.29, 1.82) is 0 Å². The highest BCUT2D eigenvalue weighted by molar-refractivity contribution is 6.00. The summed E-state index contributed by atoms with van der Waals surface area (Å²) in [4.78, 5) is 16.4. The number of hydrogen-bond acceptors (Lipinski definition) is 4. The SMILES string of the molecule is Cc1ccc(NC(=O)Nc2cccnc2Oc2ccccc2OC(F)(F)F)cc1C. The third-order valence-corrected chi connectivity index (χ3v) is 4.07. The second-order valence-electron chi connectivity index (χ2n) is 6.33. The van der Waals surface area contributed by atoms with Gasteiger partial charge in [-0.25, -0.2) is 9.78 Å². The van der Waals surface area contributed by atoms with Crippen molar-refractivity contribution in [3.05, 3.63) is 71.9 Å². The molecule has 2 aromatic carbocycles. The number of alkyl halides is 3. The number of nitrogens with one attached hydrogen (secondary N) is 2. The van der Waals surface area contributed by atoms with E-state index in [9.17, 15) is 18.0 Å². The molecule has 0 saturated heterocycles. The van der Waals surface area contributed by atoms with E-state index in [-0.39, 0.29) is 17.3 Å². The number of anilines is 2. The molecular formula is C21H18F3N3O3. The highest BCUT2D eigenvalue weighted by Crippen LogP contribution is 2.36. The highest BCUT2D eigenvalue weighted by Gasteiger charge is 2.32. The fourth-order valence-electron chi connectivity index (χ4n) is 2.52. The smallest absolute Gasteiger partial charge is 0.433 e. The summed E-state index contributed by atoms with van der Waals surface area (Å²) in [6, 6.07) is 13.2. The van der Waals surface area contributed by atoms with Crippen LogP contribution in [0.15, 0.2) is 60.8 Å². The van der Waals surface area contributed by atoms with E-state index in [1.807, 2.05) is 26.0 Å². The van der Waals surface area contributed by atoms with E-state index in [1.54, 1.807) is 12.1 Å². The summed E-state index contributed by atoms with van der Waals surface area (Å²) < 4.78 is 47.3. The van der Waals surface area contributed by atoms with Gasteiger partial charge in [-0.3, -0.25) is 0 Å². The van der Waals surface area contributed by atoms with E-state index in [0.29, 0.717) is 5.69 Å². The third-order valence-electron chi connectivity index (χ3n) is 4.07. The molecule has 156 valence electrons. The topological polar surface area (TPSA) is 72.5 Å². The van der Waals surface area contributed by atoms with Crippen LogP contribution in [0, 0.1) is 13.8 Å². The average molecular weight is 417 g/mol. The third kappa shape index (κ3) is 5.63. The predicted molar refractivity (Wildman–Crippen MR) is 106 cm³/mol. The number of nitrogens with zero attached hydrogens (tertiary/aromatic N) is 1. The number of amides is 2. The number of benzene rings is 2. The second kappa shape index (κ2) is 8.73. The Balaban J connectivity index is 1.77. The molecule has 1 aromatic heterocycles. The molecule has 0 aliphatic carbocycles. The lowest BCUT2D eigenvalue weighted by Crippen LogP contribution is -2.20. The Morgan fingerprint density at radius 1 is 0.933 bits per heavy atom. The summed E-state index contributed by atoms with van der Waals surface area (Å²) in [6.45, 7) is 3.88. The van der Waals surface area contributed by atoms with Crippen LogP contribution in [0.1, 0.15) is 11.1 Å². The first-order valence-electron chi connectivity index (χ1n) is 8.84. The van der Waals surface area contributed by atoms with Crippen molar-refractivity contribution < 1.29 is 27.4 Å². The first kappa shape index (κ1) is 21.0. The van der Waals surface area contributed by atoms with Gasteiger partial charge in [0.2, 0.25) is 5.88 Å². The number of aromatic nitrogens is 1. The Kier molecular flexibility index (Phi) is 6.10. The number of hydrogen-bond donors (Lipinski definition) is 2. The van der Waals surface area contributed by atoms with Crippen LogP contribution < -0.4 is 20.1 Å². The van der Waals surface area contributed by atoms with Gasteiger partial charge in [0.15, 0.2) is 11.5 Å². The summed E-state index contributed by atoms with van der Waals surface area (Å²) in [5.41, 5.74) is 2.86. The van der Waals surface area contributed by atoms with Gasteiger partial charge in [-0.2, -0.15) is 0 Å². The number of carbonyl (C=O) groups excluding carboxylic acids is 1. The van der Waals surface area contributed by atoms with Gasteiger partial charge in [0, 0.05) is 11.9 Å². The van der Waals surface area contributed by atoms with Gasteiger partial charge >= 0.3 is 12.4 Å². The number of carbonyl (C=O) groups is 1. The van der Waals surface area contributed by atoms with Crippen LogP contribution in [0.4, 0.5) is 29.3 Å². The van der Waals surface area contributed by atoms with Gasteiger partial charge in [0.05, 0.1) is 0 Å². The van der Waals surface area contributed by atoms with Crippen LogP contribution in [0.25, 0.3) is 0 Å². The van der Waals surface area contributed by atoms with Crippen molar-refractivity contribution in [2.24, 2.45) is 0 Å². The lowest BCUT2D eigenvalue weighted by molar-refractivity contribution is -0.275. The van der Waals surface area contributed by atoms with Crippen molar-refractivity contribution in [1.82, 2.24) is 4.98 Å². The number of pyridine rings is 1. The summed E-state index contributed by atoms with van der Waals surface area (Å²) in [6.07, 6.45) is -3.49. The molecule has 0 bridgehead atoms. The molecule has 30 heavy (non-hydrogen) atoms. The van der Waals surface area contributed by atoms with Crippen molar-refractivity contribution in [2.75, 3.05) is 10.6 Å². The number of para-hydroxylation sites is 2. The van der Waals surface area contributed by atoms with Gasteiger partial charge in [-0.05, 0) is 61.4 Å². The molecule has 2 amide bonds. The number of ether oxygens (including phenoxy) is 2. The largest absolute Gasteiger partial charge is 0.573 e. The lowest BCUT2D eigenvalue weighted by Gasteiger charge is -2.15. The molecule has 0 unspecified atom stereocenters. The molecule has 3 rings (SSSR count). The second-order valence-corrected chi connectivity index (χ2v) is 6.33. The first-order chi connectivity index (χ1) is 14.2. The molecule has 0 aliphatic heterocycles. The molecule has 0 fully saturated rings. The first-order valence-corrected chi connectivity index (χ1v) is 8.84. The van der Waals surface area contributed by atoms with Crippen LogP contribution in [-0.4, -0.2) is 17.4 Å². The van der Waals surface area contributed by atoms with E-state index in [1.165, 1.54) is 30.5 Å². The molecule has 0 aliphatic rings. The zero-order valence-corrected chi connectivity index (χ0v) is 16.1. The normalized spacial score (nSPS) is 11.0. The maximum absolute atomic E-state index is 12.6. The molecule has 3 aromatic rings. The molecule has 2 N–H and O–H groups in total. The van der Waals surface area contributed by atoms with Gasteiger partial charge in [0.25, 0.3) is 0 Å². The van der Waals surface area contributed by atoms with Crippen LogP contribution in [-0.2, 0) is 0 Å². The molecule has 0 saturated carbocycles. The van der Waals surface area contributed by atoms with E-state index >= 15 is 0 Å². The standard InChI is InChI=1S/C21H18F3N3O3/c1-13-9-10-15(12-14(13)2)26-20(28)27-16-6-5-11-25-19(16)29-17-7-3-4-8-18(17)30-21(22,23)24/h3-12H,1-2H3,(H2,26,27,28). The zero-order valence-electron chi connectivity index (χ0n) is 16.1. The summed E-state index contributed by atoms with van der Waals surface area (Å²) >= 11 is 0. The Morgan fingerprint density at radius 3 is 2.37 bits per heavy atom. The van der Waals surface area contributed by atoms with Crippen molar-refractivity contribution in [3.8, 4) is 17.4 Å². The van der Waals surface area contributed by atoms with Gasteiger partial charge < -0.3 is 20.1 Å². The minimum atomic E-state index is -4.88. The summed E-state index contributed by atoms with van der Waals surface area (Å²) in [7, 11) is 0. The number of halogens is 3. The highest BCUT2D eigenvalue weighted by atomic mass is 19.4. The van der Waals surface area contributed by atoms with Crippen LogP contribution in [0.2, 0.25) is 0 Å². The van der Waals surface area contributed by atoms with E-state index in [4.69, 9.17) is 4.74 Å². The molecule has 1 heterocycles. The Bertz CT molecular complexity index is 1050. The maximum atomic E-state index is 12.6. The molecule has 0 radical (unpaired) electrons. The fraction of sp³-hybridized carbons (Fsp3) is 0.143. The lowest BCUT2D eigenvalue weighted by atomic mass is 10.1. The van der Waals surface area contributed by atoms with Crippen molar-refractivity contribution in [2.45, 2.75) is 20.2 Å². The van der Waals surface area contributed by atoms with E-state index < -0.39 is 18.1 Å². The minimum Gasteiger partial charge on any atom is -0.433 e. The monoisotopic (exact) mass is 417 g/mol. The van der Waals surface area contributed by atoms with E-state index in [2.05, 4.69) is 20.4 Å². The molecule has 0 atom stereocenters. The Hall–Kier alpha value is -3.75. The molecule has 0 spiro atoms. The predicted octanol–water partition coefficient (Wildman–Crippen LogP) is 6.03. The van der Waals surface area contributed by atoms with Gasteiger partial charge in [0.1, 0.15) is 5.69 Å². The number of rotatable bonds is 5. The molecule has 9 heteroatoms. The zero-order chi connectivity index (χ0) is 21.7. The maximum Gasteiger partial charge on any atom is 0.573 e. The number of urea groups is 1. The van der Waals surface area contributed by atoms with Crippen molar-refractivity contribution in [3.63, 3.8) is 0 Å². The Labute approximate surface area is 170 Å². The van der Waals surface area contributed by atoms with Crippen LogP contribution in [0.3, 0.4) is 0 Å². The quantitative estimate of drug-likeness (QED) is 0.531. The van der Waals surface area contributed by atoms with Gasteiger partial charge in [-0.15, -0.1) is 13.2 Å². The minimum absolute atomic E-state index is 0.0917. The van der Waals surface area contributed by atoms with Crippen LogP contribution in [0.5, 0.6) is 17.4 Å². The fourth-order valence-corrected chi connectivity index (χ4v) is 2.52. The van der Waals surface area contributed by atoms with E-state index in [0.717, 1.165) is 17.2 Å². The van der Waals surface area contributed by atoms with Crippen LogP contribution >= 0.6 is 0 Å². The van der Waals surface area contributed by atoms with Gasteiger partial charge in [-0.1, -0.05) is 18.2 Å². The number of aryl methyl sites for hydroxylation is 2. The summed E-state index contributed by atoms with van der Waals surface area (Å²) in [5, 5.41) is 5.27. The summed E-state index contributed by atoms with van der Waals surface area (Å²) in [5.74, 6) is -0.821. The Morgan fingerprint density at radius 2 is 1.67 bits per heavy atom. The molecule has 6 nitrogen and oxygen atoms in total. The average Bonchev–Trinajstić information content (AvgIpc) is 2.67. The van der Waals surface area contributed by atoms with Crippen molar-refractivity contribution >= 4 is 17.4 Å². The molecular weight excluding hydrogens is 399 g/mol.